The molecule has 0 spiro atoms. The molecule has 3 aromatic carbocycles. The SMILES string of the molecule is N=C(c1ccc2ccccc2c1)c1ccccc1O. The minimum absolute atomic E-state index is 0.139. The van der Waals surface area contributed by atoms with Gasteiger partial charge in [0.2, 0.25) is 0 Å². The van der Waals surface area contributed by atoms with Crippen LogP contribution in [0.1, 0.15) is 11.1 Å². The Kier molecular flexibility index (Phi) is 2.76. The lowest BCUT2D eigenvalue weighted by Gasteiger charge is -2.07. The van der Waals surface area contributed by atoms with E-state index in [2.05, 4.69) is 0 Å². The van der Waals surface area contributed by atoms with Gasteiger partial charge in [0.25, 0.3) is 0 Å². The second-order valence-electron chi connectivity index (χ2n) is 4.45. The van der Waals surface area contributed by atoms with Gasteiger partial charge in [-0.25, -0.2) is 0 Å². The lowest BCUT2D eigenvalue weighted by Crippen LogP contribution is -2.01. The van der Waals surface area contributed by atoms with E-state index in [4.69, 9.17) is 5.41 Å². The quantitative estimate of drug-likeness (QED) is 0.661. The molecule has 0 aliphatic rings. The number of hydrogen-bond donors (Lipinski definition) is 2. The molecular weight excluding hydrogens is 234 g/mol. The molecule has 0 amide bonds. The molecule has 0 radical (unpaired) electrons. The average Bonchev–Trinajstić information content (AvgIpc) is 2.46. The van der Waals surface area contributed by atoms with Gasteiger partial charge in [-0.1, -0.05) is 48.5 Å². The Labute approximate surface area is 111 Å². The Morgan fingerprint density at radius 1 is 0.789 bits per heavy atom. The fourth-order valence-electron chi connectivity index (χ4n) is 2.19. The lowest BCUT2D eigenvalue weighted by molar-refractivity contribution is 0.474. The van der Waals surface area contributed by atoms with Crippen LogP contribution in [0.25, 0.3) is 10.8 Å². The molecule has 2 heteroatoms. The fraction of sp³-hybridized carbons (Fsp3) is 0. The third-order valence-corrected chi connectivity index (χ3v) is 3.21. The van der Waals surface area contributed by atoms with Crippen LogP contribution in [0.2, 0.25) is 0 Å². The number of phenols is 1. The van der Waals surface area contributed by atoms with E-state index < -0.39 is 0 Å². The maximum absolute atomic E-state index is 9.81. The third kappa shape index (κ3) is 2.08. The van der Waals surface area contributed by atoms with Crippen LogP contribution in [0.15, 0.2) is 66.7 Å². The molecule has 2 N–H and O–H groups in total. The summed E-state index contributed by atoms with van der Waals surface area (Å²) in [4.78, 5) is 0. The Bertz CT molecular complexity index is 762. The maximum atomic E-state index is 9.81. The first kappa shape index (κ1) is 11.5. The fourth-order valence-corrected chi connectivity index (χ4v) is 2.19. The van der Waals surface area contributed by atoms with Gasteiger partial charge in [-0.15, -0.1) is 0 Å². The molecule has 3 rings (SSSR count). The number of hydrogen-bond acceptors (Lipinski definition) is 2. The summed E-state index contributed by atoms with van der Waals surface area (Å²) >= 11 is 0. The van der Waals surface area contributed by atoms with Crippen molar-refractivity contribution >= 4 is 16.5 Å². The summed E-state index contributed by atoms with van der Waals surface area (Å²) in [7, 11) is 0. The Balaban J connectivity index is 2.09. The summed E-state index contributed by atoms with van der Waals surface area (Å²) in [6, 6.07) is 20.9. The normalized spacial score (nSPS) is 10.5. The molecule has 0 saturated heterocycles. The predicted molar refractivity (Wildman–Crippen MR) is 78.0 cm³/mol. The van der Waals surface area contributed by atoms with Crippen molar-refractivity contribution in [2.24, 2.45) is 0 Å². The zero-order chi connectivity index (χ0) is 13.2. The van der Waals surface area contributed by atoms with Crippen molar-refractivity contribution in [1.82, 2.24) is 0 Å². The summed E-state index contributed by atoms with van der Waals surface area (Å²) in [5.41, 5.74) is 1.70. The maximum Gasteiger partial charge on any atom is 0.124 e. The monoisotopic (exact) mass is 247 g/mol. The van der Waals surface area contributed by atoms with Crippen molar-refractivity contribution in [2.45, 2.75) is 0 Å². The number of fused-ring (bicyclic) bond motifs is 1. The molecular formula is C17H13NO. The van der Waals surface area contributed by atoms with E-state index in [1.54, 1.807) is 18.2 Å². The smallest absolute Gasteiger partial charge is 0.124 e. The van der Waals surface area contributed by atoms with E-state index in [9.17, 15) is 5.11 Å². The van der Waals surface area contributed by atoms with E-state index in [0.717, 1.165) is 16.3 Å². The molecule has 92 valence electrons. The molecule has 0 unspecified atom stereocenters. The van der Waals surface area contributed by atoms with E-state index in [-0.39, 0.29) is 5.75 Å². The summed E-state index contributed by atoms with van der Waals surface area (Å²) < 4.78 is 0. The van der Waals surface area contributed by atoms with Gasteiger partial charge in [-0.3, -0.25) is 5.41 Å². The van der Waals surface area contributed by atoms with Crippen molar-refractivity contribution in [3.05, 3.63) is 77.9 Å². The lowest BCUT2D eigenvalue weighted by atomic mass is 9.99. The van der Waals surface area contributed by atoms with Crippen LogP contribution in [0.4, 0.5) is 0 Å². The molecule has 0 aromatic heterocycles. The van der Waals surface area contributed by atoms with Gasteiger partial charge in [0.15, 0.2) is 0 Å². The van der Waals surface area contributed by atoms with Crippen LogP contribution >= 0.6 is 0 Å². The van der Waals surface area contributed by atoms with Crippen LogP contribution in [0.5, 0.6) is 5.75 Å². The Morgan fingerprint density at radius 2 is 1.47 bits per heavy atom. The molecule has 0 atom stereocenters. The van der Waals surface area contributed by atoms with Gasteiger partial charge in [-0.2, -0.15) is 0 Å². The van der Waals surface area contributed by atoms with Crippen molar-refractivity contribution in [1.29, 1.82) is 5.41 Å². The van der Waals surface area contributed by atoms with Crippen molar-refractivity contribution in [2.75, 3.05) is 0 Å². The predicted octanol–water partition coefficient (Wildman–Crippen LogP) is 3.96. The zero-order valence-electron chi connectivity index (χ0n) is 10.3. The number of phenolic OH excluding ortho intramolecular Hbond substituents is 1. The zero-order valence-corrected chi connectivity index (χ0v) is 10.3. The van der Waals surface area contributed by atoms with Gasteiger partial charge in [0.05, 0.1) is 5.71 Å². The first-order valence-corrected chi connectivity index (χ1v) is 6.12. The van der Waals surface area contributed by atoms with Crippen LogP contribution in [0.3, 0.4) is 0 Å². The first-order valence-electron chi connectivity index (χ1n) is 6.12. The molecule has 2 nitrogen and oxygen atoms in total. The molecule has 3 aromatic rings. The largest absolute Gasteiger partial charge is 0.507 e. The standard InChI is InChI=1S/C17H13NO/c18-17(15-7-3-4-8-16(15)19)14-10-9-12-5-1-2-6-13(12)11-14/h1-11,18-19H. The molecule has 0 fully saturated rings. The number of rotatable bonds is 2. The van der Waals surface area contributed by atoms with Gasteiger partial charge in [0, 0.05) is 11.1 Å². The molecule has 0 heterocycles. The van der Waals surface area contributed by atoms with E-state index in [1.165, 1.54) is 0 Å². The Hall–Kier alpha value is -2.61. The van der Waals surface area contributed by atoms with Gasteiger partial charge >= 0.3 is 0 Å². The highest BCUT2D eigenvalue weighted by Gasteiger charge is 2.09. The number of para-hydroxylation sites is 1. The minimum Gasteiger partial charge on any atom is -0.507 e. The highest BCUT2D eigenvalue weighted by molar-refractivity contribution is 6.13. The van der Waals surface area contributed by atoms with Crippen molar-refractivity contribution in [3.8, 4) is 5.75 Å². The van der Waals surface area contributed by atoms with Gasteiger partial charge in [-0.05, 0) is 29.0 Å². The second-order valence-corrected chi connectivity index (χ2v) is 4.45. The van der Waals surface area contributed by atoms with E-state index >= 15 is 0 Å². The molecule has 0 bridgehead atoms. The highest BCUT2D eigenvalue weighted by atomic mass is 16.3. The topological polar surface area (TPSA) is 44.1 Å². The first-order chi connectivity index (χ1) is 9.25. The van der Waals surface area contributed by atoms with Crippen molar-refractivity contribution in [3.63, 3.8) is 0 Å². The average molecular weight is 247 g/mol. The second kappa shape index (κ2) is 4.58. The molecule has 0 saturated carbocycles. The number of nitrogens with one attached hydrogen (secondary N) is 1. The van der Waals surface area contributed by atoms with E-state index in [0.29, 0.717) is 11.3 Å². The summed E-state index contributed by atoms with van der Waals surface area (Å²) in [5.74, 6) is 0.139. The highest BCUT2D eigenvalue weighted by Crippen LogP contribution is 2.22. The van der Waals surface area contributed by atoms with Gasteiger partial charge < -0.3 is 5.11 Å². The van der Waals surface area contributed by atoms with Crippen LogP contribution in [-0.2, 0) is 0 Å². The molecule has 19 heavy (non-hydrogen) atoms. The van der Waals surface area contributed by atoms with E-state index in [1.807, 2.05) is 48.5 Å². The molecule has 0 aliphatic heterocycles. The van der Waals surface area contributed by atoms with Gasteiger partial charge in [0.1, 0.15) is 5.75 Å². The van der Waals surface area contributed by atoms with Crippen LogP contribution in [0, 0.1) is 5.41 Å². The summed E-state index contributed by atoms with van der Waals surface area (Å²) in [5, 5.41) is 20.3. The number of benzene rings is 3. The summed E-state index contributed by atoms with van der Waals surface area (Å²) in [6.45, 7) is 0. The minimum atomic E-state index is 0.139. The van der Waals surface area contributed by atoms with Crippen molar-refractivity contribution < 1.29 is 5.11 Å². The number of aromatic hydroxyl groups is 1. The third-order valence-electron chi connectivity index (χ3n) is 3.21. The Morgan fingerprint density at radius 3 is 2.26 bits per heavy atom. The van der Waals surface area contributed by atoms with Crippen LogP contribution < -0.4 is 0 Å². The molecule has 0 aliphatic carbocycles. The van der Waals surface area contributed by atoms with Crippen LogP contribution in [-0.4, -0.2) is 10.8 Å². The summed E-state index contributed by atoms with van der Waals surface area (Å²) in [6.07, 6.45) is 0.